The molecule has 2 saturated heterocycles. The number of hydrogen-bond acceptors (Lipinski definition) is 3. The molecule has 1 spiro atoms. The number of rotatable bonds is 3. The first-order valence-corrected chi connectivity index (χ1v) is 9.27. The van der Waals surface area contributed by atoms with Crippen LogP contribution in [-0.4, -0.2) is 46.2 Å². The normalized spacial score (nSPS) is 18.9. The fourth-order valence-electron chi connectivity index (χ4n) is 4.16. The quantitative estimate of drug-likeness (QED) is 0.838. The van der Waals surface area contributed by atoms with Gasteiger partial charge in [-0.05, 0) is 36.6 Å². The van der Waals surface area contributed by atoms with Crippen LogP contribution in [0.15, 0.2) is 48.8 Å². The summed E-state index contributed by atoms with van der Waals surface area (Å²) >= 11 is 0. The van der Waals surface area contributed by atoms with Crippen molar-refractivity contribution in [2.75, 3.05) is 19.6 Å². The second-order valence-electron chi connectivity index (χ2n) is 7.56. The van der Waals surface area contributed by atoms with Crippen LogP contribution < -0.4 is 0 Å². The molecule has 0 bridgehead atoms. The molecule has 5 nitrogen and oxygen atoms in total. The number of piperidine rings is 1. The Hall–Kier alpha value is -2.76. The highest BCUT2D eigenvalue weighted by atomic mass is 19.1. The number of amides is 2. The van der Waals surface area contributed by atoms with Crippen LogP contribution in [0.5, 0.6) is 0 Å². The maximum Gasteiger partial charge on any atom is 0.256 e. The van der Waals surface area contributed by atoms with Gasteiger partial charge in [0.05, 0.1) is 5.56 Å². The van der Waals surface area contributed by atoms with Gasteiger partial charge in [-0.15, -0.1) is 0 Å². The molecule has 140 valence electrons. The van der Waals surface area contributed by atoms with Crippen LogP contribution in [-0.2, 0) is 11.3 Å². The van der Waals surface area contributed by atoms with Crippen molar-refractivity contribution in [1.82, 2.24) is 14.8 Å². The van der Waals surface area contributed by atoms with E-state index < -0.39 is 5.82 Å². The number of nitrogens with zero attached hydrogens (tertiary/aromatic N) is 3. The summed E-state index contributed by atoms with van der Waals surface area (Å²) in [6, 6.07) is 9.94. The van der Waals surface area contributed by atoms with Crippen LogP contribution in [0, 0.1) is 11.2 Å². The zero-order chi connectivity index (χ0) is 18.9. The third kappa shape index (κ3) is 3.56. The van der Waals surface area contributed by atoms with E-state index in [1.807, 2.05) is 17.0 Å². The van der Waals surface area contributed by atoms with Gasteiger partial charge in [-0.25, -0.2) is 4.39 Å². The average molecular weight is 367 g/mol. The van der Waals surface area contributed by atoms with Crippen LogP contribution in [0.4, 0.5) is 4.39 Å². The van der Waals surface area contributed by atoms with E-state index in [4.69, 9.17) is 0 Å². The molecule has 0 saturated carbocycles. The Balaban J connectivity index is 1.39. The number of aromatic nitrogens is 1. The number of pyridine rings is 1. The predicted molar refractivity (Wildman–Crippen MR) is 98.2 cm³/mol. The van der Waals surface area contributed by atoms with Crippen molar-refractivity contribution in [1.29, 1.82) is 0 Å². The van der Waals surface area contributed by atoms with Gasteiger partial charge in [0.1, 0.15) is 5.82 Å². The molecule has 1 aromatic carbocycles. The van der Waals surface area contributed by atoms with E-state index in [0.29, 0.717) is 32.6 Å². The fourth-order valence-corrected chi connectivity index (χ4v) is 4.16. The van der Waals surface area contributed by atoms with Crippen LogP contribution >= 0.6 is 0 Å². The molecule has 2 fully saturated rings. The summed E-state index contributed by atoms with van der Waals surface area (Å²) in [4.78, 5) is 32.8. The van der Waals surface area contributed by atoms with Crippen molar-refractivity contribution in [3.63, 3.8) is 0 Å². The van der Waals surface area contributed by atoms with Crippen molar-refractivity contribution in [2.24, 2.45) is 5.41 Å². The molecule has 0 N–H and O–H groups in total. The SMILES string of the molecule is O=C1CC2(CCN(C(=O)c3ccccc3F)CC2)CN1Cc1cccnc1. The monoisotopic (exact) mass is 367 g/mol. The Morgan fingerprint density at radius 1 is 1.15 bits per heavy atom. The van der Waals surface area contributed by atoms with Gasteiger partial charge in [0.25, 0.3) is 5.91 Å². The van der Waals surface area contributed by atoms with Gasteiger partial charge in [0.15, 0.2) is 0 Å². The number of halogens is 1. The van der Waals surface area contributed by atoms with E-state index in [9.17, 15) is 14.0 Å². The zero-order valence-corrected chi connectivity index (χ0v) is 15.1. The van der Waals surface area contributed by atoms with Crippen molar-refractivity contribution >= 4 is 11.8 Å². The fraction of sp³-hybridized carbons (Fsp3) is 0.381. The van der Waals surface area contributed by atoms with Gasteiger partial charge in [-0.1, -0.05) is 18.2 Å². The summed E-state index contributed by atoms with van der Waals surface area (Å²) in [7, 11) is 0. The first-order valence-electron chi connectivity index (χ1n) is 9.27. The minimum atomic E-state index is -0.485. The Labute approximate surface area is 157 Å². The van der Waals surface area contributed by atoms with Crippen LogP contribution in [0.25, 0.3) is 0 Å². The lowest BCUT2D eigenvalue weighted by Crippen LogP contribution is -2.44. The molecular formula is C21H22FN3O2. The third-order valence-corrected chi connectivity index (χ3v) is 5.72. The topological polar surface area (TPSA) is 53.5 Å². The summed E-state index contributed by atoms with van der Waals surface area (Å²) in [6.45, 7) is 2.40. The highest BCUT2D eigenvalue weighted by Crippen LogP contribution is 2.41. The minimum Gasteiger partial charge on any atom is -0.339 e. The van der Waals surface area contributed by atoms with Gasteiger partial charge in [0.2, 0.25) is 5.91 Å². The molecule has 2 aliphatic rings. The summed E-state index contributed by atoms with van der Waals surface area (Å²) in [5, 5.41) is 0. The maximum atomic E-state index is 13.9. The molecule has 3 heterocycles. The Morgan fingerprint density at radius 3 is 2.63 bits per heavy atom. The van der Waals surface area contributed by atoms with Crippen LogP contribution in [0.3, 0.4) is 0 Å². The Morgan fingerprint density at radius 2 is 1.93 bits per heavy atom. The number of likely N-dealkylation sites (tertiary alicyclic amines) is 2. The maximum absolute atomic E-state index is 13.9. The molecule has 0 unspecified atom stereocenters. The van der Waals surface area contributed by atoms with E-state index >= 15 is 0 Å². The van der Waals surface area contributed by atoms with E-state index in [1.165, 1.54) is 12.1 Å². The molecule has 0 aliphatic carbocycles. The summed E-state index contributed by atoms with van der Waals surface area (Å²) < 4.78 is 13.9. The van der Waals surface area contributed by atoms with E-state index in [0.717, 1.165) is 18.4 Å². The molecule has 0 atom stereocenters. The van der Waals surface area contributed by atoms with Crippen molar-refractivity contribution in [3.8, 4) is 0 Å². The molecule has 2 aliphatic heterocycles. The van der Waals surface area contributed by atoms with E-state index in [-0.39, 0.29) is 22.8 Å². The zero-order valence-electron chi connectivity index (χ0n) is 15.1. The molecule has 1 aromatic heterocycles. The highest BCUT2D eigenvalue weighted by molar-refractivity contribution is 5.94. The summed E-state index contributed by atoms with van der Waals surface area (Å²) in [6.07, 6.45) is 5.56. The Bertz CT molecular complexity index is 848. The number of carbonyl (C=O) groups is 2. The molecular weight excluding hydrogens is 345 g/mol. The lowest BCUT2D eigenvalue weighted by Gasteiger charge is -2.38. The lowest BCUT2D eigenvalue weighted by molar-refractivity contribution is -0.128. The number of hydrogen-bond donors (Lipinski definition) is 0. The first kappa shape index (κ1) is 17.6. The van der Waals surface area contributed by atoms with Crippen molar-refractivity contribution in [3.05, 3.63) is 65.7 Å². The van der Waals surface area contributed by atoms with Crippen LogP contribution in [0.1, 0.15) is 35.2 Å². The average Bonchev–Trinajstić information content (AvgIpc) is 2.98. The predicted octanol–water partition coefficient (Wildman–Crippen LogP) is 2.88. The first-order chi connectivity index (χ1) is 13.1. The van der Waals surface area contributed by atoms with Crippen molar-refractivity contribution < 1.29 is 14.0 Å². The smallest absolute Gasteiger partial charge is 0.256 e. The minimum absolute atomic E-state index is 0.0781. The highest BCUT2D eigenvalue weighted by Gasteiger charge is 2.45. The second-order valence-corrected chi connectivity index (χ2v) is 7.56. The standard InChI is InChI=1S/C21H22FN3O2/c22-18-6-2-1-5-17(18)20(27)24-10-7-21(8-11-24)12-19(26)25(15-21)14-16-4-3-9-23-13-16/h1-6,9,13H,7-8,10-12,14-15H2. The molecule has 2 amide bonds. The molecule has 4 rings (SSSR count). The van der Waals surface area contributed by atoms with Gasteiger partial charge in [-0.2, -0.15) is 0 Å². The molecule has 6 heteroatoms. The third-order valence-electron chi connectivity index (χ3n) is 5.72. The largest absolute Gasteiger partial charge is 0.339 e. The lowest BCUT2D eigenvalue weighted by atomic mass is 9.77. The Kier molecular flexibility index (Phi) is 4.64. The number of carbonyl (C=O) groups excluding carboxylic acids is 2. The second kappa shape index (κ2) is 7.10. The van der Waals surface area contributed by atoms with Gasteiger partial charge < -0.3 is 9.80 Å². The van der Waals surface area contributed by atoms with Crippen LogP contribution in [0.2, 0.25) is 0 Å². The van der Waals surface area contributed by atoms with E-state index in [1.54, 1.807) is 29.4 Å². The molecule has 0 radical (unpaired) electrons. The summed E-state index contributed by atoms with van der Waals surface area (Å²) in [5.74, 6) is -0.589. The van der Waals surface area contributed by atoms with Gasteiger partial charge in [-0.3, -0.25) is 14.6 Å². The van der Waals surface area contributed by atoms with Gasteiger partial charge in [0, 0.05) is 50.4 Å². The van der Waals surface area contributed by atoms with Gasteiger partial charge >= 0.3 is 0 Å². The summed E-state index contributed by atoms with van der Waals surface area (Å²) in [5.41, 5.74) is 1.06. The van der Waals surface area contributed by atoms with E-state index in [2.05, 4.69) is 4.98 Å². The molecule has 2 aromatic rings. The molecule has 27 heavy (non-hydrogen) atoms. The van der Waals surface area contributed by atoms with Crippen molar-refractivity contribution in [2.45, 2.75) is 25.8 Å². The number of benzene rings is 1.